The molecule has 1 aliphatic rings. The molecule has 0 aliphatic carbocycles. The highest BCUT2D eigenvalue weighted by Gasteiger charge is 2.29. The SMILES string of the molecule is CCNc1ncccc1CN1CCOCC1C(=O)NC. The molecule has 0 bridgehead atoms. The molecule has 6 nitrogen and oxygen atoms in total. The zero-order valence-electron chi connectivity index (χ0n) is 12.1. The number of hydrogen-bond donors (Lipinski definition) is 2. The molecule has 1 aromatic heterocycles. The van der Waals surface area contributed by atoms with Crippen LogP contribution in [0.5, 0.6) is 0 Å². The Morgan fingerprint density at radius 1 is 1.60 bits per heavy atom. The highest BCUT2D eigenvalue weighted by Crippen LogP contribution is 2.17. The minimum Gasteiger partial charge on any atom is -0.378 e. The van der Waals surface area contributed by atoms with Crippen LogP contribution >= 0.6 is 0 Å². The van der Waals surface area contributed by atoms with Crippen LogP contribution in [0.15, 0.2) is 18.3 Å². The van der Waals surface area contributed by atoms with E-state index in [0.717, 1.165) is 24.5 Å². The minimum atomic E-state index is -0.233. The van der Waals surface area contributed by atoms with Gasteiger partial charge in [0.1, 0.15) is 11.9 Å². The molecule has 1 fully saturated rings. The normalized spacial score (nSPS) is 19.6. The minimum absolute atomic E-state index is 0.00130. The summed E-state index contributed by atoms with van der Waals surface area (Å²) in [7, 11) is 1.66. The van der Waals surface area contributed by atoms with E-state index in [1.165, 1.54) is 0 Å². The van der Waals surface area contributed by atoms with Gasteiger partial charge in [-0.15, -0.1) is 0 Å². The Balaban J connectivity index is 2.12. The Morgan fingerprint density at radius 2 is 2.45 bits per heavy atom. The van der Waals surface area contributed by atoms with E-state index in [9.17, 15) is 4.79 Å². The number of morpholine rings is 1. The predicted molar refractivity (Wildman–Crippen MR) is 77.5 cm³/mol. The fraction of sp³-hybridized carbons (Fsp3) is 0.571. The molecular formula is C14H22N4O2. The van der Waals surface area contributed by atoms with Gasteiger partial charge >= 0.3 is 0 Å². The molecule has 0 aromatic carbocycles. The number of rotatable bonds is 5. The second-order valence-electron chi connectivity index (χ2n) is 4.72. The number of anilines is 1. The van der Waals surface area contributed by atoms with E-state index in [2.05, 4.69) is 20.5 Å². The van der Waals surface area contributed by atoms with Crippen LogP contribution in [0.1, 0.15) is 12.5 Å². The van der Waals surface area contributed by atoms with Crippen molar-refractivity contribution in [3.8, 4) is 0 Å². The molecule has 1 aromatic rings. The van der Waals surface area contributed by atoms with E-state index in [-0.39, 0.29) is 11.9 Å². The maximum Gasteiger partial charge on any atom is 0.239 e. The number of amides is 1. The standard InChI is InChI=1S/C14H22N4O2/c1-3-16-13-11(5-4-6-17-13)9-18-7-8-20-10-12(18)14(19)15-2/h4-6,12H,3,7-10H2,1-2H3,(H,15,19)(H,16,17). The van der Waals surface area contributed by atoms with Gasteiger partial charge in [0.15, 0.2) is 0 Å². The Bertz CT molecular complexity index is 453. The number of likely N-dealkylation sites (N-methyl/N-ethyl adjacent to an activating group) is 1. The average Bonchev–Trinajstić information content (AvgIpc) is 2.49. The molecule has 1 amide bonds. The second kappa shape index (κ2) is 7.21. The first-order valence-corrected chi connectivity index (χ1v) is 6.97. The van der Waals surface area contributed by atoms with Gasteiger partial charge in [0, 0.05) is 38.4 Å². The fourth-order valence-electron chi connectivity index (χ4n) is 2.35. The molecule has 2 N–H and O–H groups in total. The maximum absolute atomic E-state index is 11.9. The van der Waals surface area contributed by atoms with Gasteiger partial charge in [-0.2, -0.15) is 0 Å². The molecular weight excluding hydrogens is 256 g/mol. The third-order valence-electron chi connectivity index (χ3n) is 3.40. The van der Waals surface area contributed by atoms with Gasteiger partial charge in [0.2, 0.25) is 5.91 Å². The zero-order valence-corrected chi connectivity index (χ0v) is 12.1. The van der Waals surface area contributed by atoms with Gasteiger partial charge in [0.05, 0.1) is 13.2 Å². The molecule has 1 aliphatic heterocycles. The molecule has 0 radical (unpaired) electrons. The van der Waals surface area contributed by atoms with Gasteiger partial charge in [-0.3, -0.25) is 9.69 Å². The van der Waals surface area contributed by atoms with Crippen LogP contribution < -0.4 is 10.6 Å². The smallest absolute Gasteiger partial charge is 0.239 e. The van der Waals surface area contributed by atoms with Crippen LogP contribution in [0.4, 0.5) is 5.82 Å². The number of carbonyl (C=O) groups is 1. The van der Waals surface area contributed by atoms with Crippen molar-refractivity contribution >= 4 is 11.7 Å². The molecule has 1 saturated heterocycles. The summed E-state index contributed by atoms with van der Waals surface area (Å²) in [4.78, 5) is 18.4. The van der Waals surface area contributed by atoms with E-state index in [1.54, 1.807) is 13.2 Å². The van der Waals surface area contributed by atoms with Gasteiger partial charge in [-0.1, -0.05) is 6.07 Å². The van der Waals surface area contributed by atoms with E-state index < -0.39 is 0 Å². The number of pyridine rings is 1. The van der Waals surface area contributed by atoms with Crippen molar-refractivity contribution in [3.05, 3.63) is 23.9 Å². The average molecular weight is 278 g/mol. The number of nitrogens with one attached hydrogen (secondary N) is 2. The Labute approximate surface area is 119 Å². The summed E-state index contributed by atoms with van der Waals surface area (Å²) in [5.74, 6) is 0.885. The first kappa shape index (κ1) is 14.7. The summed E-state index contributed by atoms with van der Waals surface area (Å²) in [6.07, 6.45) is 1.77. The van der Waals surface area contributed by atoms with Gasteiger partial charge < -0.3 is 15.4 Å². The molecule has 6 heteroatoms. The Kier molecular flexibility index (Phi) is 5.31. The third kappa shape index (κ3) is 3.46. The van der Waals surface area contributed by atoms with Crippen LogP contribution in [-0.4, -0.2) is 55.2 Å². The van der Waals surface area contributed by atoms with Crippen molar-refractivity contribution in [1.82, 2.24) is 15.2 Å². The monoisotopic (exact) mass is 278 g/mol. The van der Waals surface area contributed by atoms with Gasteiger partial charge in [-0.25, -0.2) is 4.98 Å². The maximum atomic E-state index is 11.9. The lowest BCUT2D eigenvalue weighted by Crippen LogP contribution is -2.52. The molecule has 0 saturated carbocycles. The van der Waals surface area contributed by atoms with Crippen molar-refractivity contribution in [1.29, 1.82) is 0 Å². The number of carbonyl (C=O) groups excluding carboxylic acids is 1. The zero-order chi connectivity index (χ0) is 14.4. The molecule has 20 heavy (non-hydrogen) atoms. The summed E-state index contributed by atoms with van der Waals surface area (Å²) in [6, 6.07) is 3.73. The topological polar surface area (TPSA) is 66.5 Å². The Morgan fingerprint density at radius 3 is 3.20 bits per heavy atom. The van der Waals surface area contributed by atoms with Crippen LogP contribution in [0.2, 0.25) is 0 Å². The lowest BCUT2D eigenvalue weighted by atomic mass is 10.1. The lowest BCUT2D eigenvalue weighted by molar-refractivity contribution is -0.132. The molecule has 1 atom stereocenters. The van der Waals surface area contributed by atoms with Crippen molar-refractivity contribution in [3.63, 3.8) is 0 Å². The summed E-state index contributed by atoms with van der Waals surface area (Å²) in [5, 5.41) is 5.95. The predicted octanol–water partition coefficient (Wildman–Crippen LogP) is 0.460. The molecule has 0 spiro atoms. The molecule has 1 unspecified atom stereocenters. The molecule has 110 valence electrons. The van der Waals surface area contributed by atoms with Crippen LogP contribution in [-0.2, 0) is 16.1 Å². The number of ether oxygens (including phenoxy) is 1. The number of aromatic nitrogens is 1. The summed E-state index contributed by atoms with van der Waals surface area (Å²) < 4.78 is 5.42. The largest absolute Gasteiger partial charge is 0.378 e. The van der Waals surface area contributed by atoms with Crippen molar-refractivity contribution < 1.29 is 9.53 Å². The van der Waals surface area contributed by atoms with Gasteiger partial charge in [0.25, 0.3) is 0 Å². The fourth-order valence-corrected chi connectivity index (χ4v) is 2.35. The lowest BCUT2D eigenvalue weighted by Gasteiger charge is -2.34. The first-order chi connectivity index (χ1) is 9.76. The van der Waals surface area contributed by atoms with Crippen molar-refractivity contribution in [2.45, 2.75) is 19.5 Å². The summed E-state index contributed by atoms with van der Waals surface area (Å²) >= 11 is 0. The first-order valence-electron chi connectivity index (χ1n) is 6.97. The molecule has 2 heterocycles. The van der Waals surface area contributed by atoms with Crippen LogP contribution in [0.3, 0.4) is 0 Å². The van der Waals surface area contributed by atoms with E-state index in [0.29, 0.717) is 19.8 Å². The summed E-state index contributed by atoms with van der Waals surface area (Å²) in [5.41, 5.74) is 1.10. The highest BCUT2D eigenvalue weighted by molar-refractivity contribution is 5.81. The highest BCUT2D eigenvalue weighted by atomic mass is 16.5. The van der Waals surface area contributed by atoms with Crippen LogP contribution in [0.25, 0.3) is 0 Å². The van der Waals surface area contributed by atoms with E-state index in [4.69, 9.17) is 4.74 Å². The van der Waals surface area contributed by atoms with Gasteiger partial charge in [-0.05, 0) is 13.0 Å². The second-order valence-corrected chi connectivity index (χ2v) is 4.72. The number of hydrogen-bond acceptors (Lipinski definition) is 5. The van der Waals surface area contributed by atoms with Crippen molar-refractivity contribution in [2.75, 3.05) is 38.7 Å². The van der Waals surface area contributed by atoms with Crippen molar-refractivity contribution in [2.24, 2.45) is 0 Å². The van der Waals surface area contributed by atoms with E-state index in [1.807, 2.05) is 19.1 Å². The molecule has 2 rings (SSSR count). The number of nitrogens with zero attached hydrogens (tertiary/aromatic N) is 2. The van der Waals surface area contributed by atoms with Crippen LogP contribution in [0, 0.1) is 0 Å². The third-order valence-corrected chi connectivity index (χ3v) is 3.40. The summed E-state index contributed by atoms with van der Waals surface area (Å²) in [6.45, 7) is 5.41. The Hall–Kier alpha value is -1.66. The van der Waals surface area contributed by atoms with E-state index >= 15 is 0 Å². The quantitative estimate of drug-likeness (QED) is 0.819.